The van der Waals surface area contributed by atoms with E-state index in [2.05, 4.69) is 5.32 Å². The minimum Gasteiger partial charge on any atom is -0.493 e. The maximum Gasteiger partial charge on any atom is 0.253 e. The van der Waals surface area contributed by atoms with Crippen LogP contribution in [0.3, 0.4) is 0 Å². The summed E-state index contributed by atoms with van der Waals surface area (Å²) in [7, 11) is 3.08. The van der Waals surface area contributed by atoms with Crippen LogP contribution in [-0.4, -0.2) is 56.5 Å². The van der Waals surface area contributed by atoms with Gasteiger partial charge in [-0.05, 0) is 44.2 Å². The van der Waals surface area contributed by atoms with Gasteiger partial charge in [-0.2, -0.15) is 0 Å². The molecule has 3 rings (SSSR count). The van der Waals surface area contributed by atoms with Crippen molar-refractivity contribution in [1.82, 2.24) is 4.90 Å². The van der Waals surface area contributed by atoms with Gasteiger partial charge in [0.05, 0.1) is 20.1 Å². The van der Waals surface area contributed by atoms with Crippen LogP contribution in [0.2, 0.25) is 0 Å². The third kappa shape index (κ3) is 4.85. The lowest BCUT2D eigenvalue weighted by atomic mass is 10.1. The van der Waals surface area contributed by atoms with E-state index >= 15 is 0 Å². The minimum atomic E-state index is -0.502. The van der Waals surface area contributed by atoms with Gasteiger partial charge in [-0.25, -0.2) is 0 Å². The van der Waals surface area contributed by atoms with Crippen LogP contribution in [0.4, 0.5) is 11.4 Å². The normalized spacial score (nSPS) is 15.4. The van der Waals surface area contributed by atoms with Crippen LogP contribution >= 0.6 is 0 Å². The van der Waals surface area contributed by atoms with Gasteiger partial charge < -0.3 is 24.6 Å². The average Bonchev–Trinajstić information content (AvgIpc) is 3.21. The minimum absolute atomic E-state index is 0.0817. The first-order valence-corrected chi connectivity index (χ1v) is 10.6. The SMILES string of the molecule is CCN(CC)C(=O)c1cccc(NC(=O)C2CC(=O)N(c3ccc(OC)c(OC)c3)C2)c1. The van der Waals surface area contributed by atoms with Crippen LogP contribution in [0.1, 0.15) is 30.6 Å². The summed E-state index contributed by atoms with van der Waals surface area (Å²) < 4.78 is 10.6. The number of anilines is 2. The summed E-state index contributed by atoms with van der Waals surface area (Å²) in [4.78, 5) is 41.3. The van der Waals surface area contributed by atoms with E-state index in [0.717, 1.165) is 0 Å². The molecule has 1 N–H and O–H groups in total. The van der Waals surface area contributed by atoms with Crippen LogP contribution in [-0.2, 0) is 9.59 Å². The van der Waals surface area contributed by atoms with Gasteiger partial charge in [0, 0.05) is 49.1 Å². The smallest absolute Gasteiger partial charge is 0.253 e. The standard InChI is InChI=1S/C24H29N3O5/c1-5-26(6-2)24(30)16-8-7-9-18(12-16)25-23(29)17-13-22(28)27(15-17)19-10-11-20(31-3)21(14-19)32-4/h7-12,14,17H,5-6,13,15H2,1-4H3,(H,25,29). The van der Waals surface area contributed by atoms with Crippen LogP contribution in [0.15, 0.2) is 42.5 Å². The van der Waals surface area contributed by atoms with E-state index in [1.54, 1.807) is 59.4 Å². The maximum atomic E-state index is 12.9. The molecule has 1 atom stereocenters. The van der Waals surface area contributed by atoms with Crippen molar-refractivity contribution >= 4 is 29.1 Å². The lowest BCUT2D eigenvalue weighted by Gasteiger charge is -2.19. The molecule has 8 heteroatoms. The third-order valence-electron chi connectivity index (χ3n) is 5.60. The molecule has 2 aromatic rings. The Balaban J connectivity index is 1.70. The zero-order valence-electron chi connectivity index (χ0n) is 18.9. The summed E-state index contributed by atoms with van der Waals surface area (Å²) in [5.74, 6) is 0.104. The predicted molar refractivity (Wildman–Crippen MR) is 122 cm³/mol. The number of nitrogens with zero attached hydrogens (tertiary/aromatic N) is 2. The fraction of sp³-hybridized carbons (Fsp3) is 0.375. The Hall–Kier alpha value is -3.55. The molecule has 1 fully saturated rings. The second-order valence-corrected chi connectivity index (χ2v) is 7.49. The molecule has 0 bridgehead atoms. The van der Waals surface area contributed by atoms with E-state index in [9.17, 15) is 14.4 Å². The second-order valence-electron chi connectivity index (χ2n) is 7.49. The van der Waals surface area contributed by atoms with Crippen molar-refractivity contribution in [2.24, 2.45) is 5.92 Å². The molecule has 0 aromatic heterocycles. The molecule has 1 unspecified atom stereocenters. The van der Waals surface area contributed by atoms with Crippen molar-refractivity contribution in [3.63, 3.8) is 0 Å². The molecule has 1 heterocycles. The summed E-state index contributed by atoms with van der Waals surface area (Å²) in [6.45, 7) is 5.34. The van der Waals surface area contributed by atoms with Crippen molar-refractivity contribution in [3.05, 3.63) is 48.0 Å². The summed E-state index contributed by atoms with van der Waals surface area (Å²) in [6, 6.07) is 12.1. The van der Waals surface area contributed by atoms with Gasteiger partial charge in [-0.15, -0.1) is 0 Å². The molecule has 32 heavy (non-hydrogen) atoms. The van der Waals surface area contributed by atoms with Gasteiger partial charge in [0.1, 0.15) is 0 Å². The Morgan fingerprint density at radius 3 is 2.44 bits per heavy atom. The van der Waals surface area contributed by atoms with E-state index in [4.69, 9.17) is 9.47 Å². The Labute approximate surface area is 188 Å². The van der Waals surface area contributed by atoms with Gasteiger partial charge in [0.25, 0.3) is 5.91 Å². The first-order valence-electron chi connectivity index (χ1n) is 10.6. The number of rotatable bonds is 8. The fourth-order valence-corrected chi connectivity index (χ4v) is 3.79. The number of benzene rings is 2. The molecule has 0 saturated carbocycles. The molecular weight excluding hydrogens is 410 g/mol. The van der Waals surface area contributed by atoms with Gasteiger partial charge >= 0.3 is 0 Å². The van der Waals surface area contributed by atoms with Gasteiger partial charge in [-0.1, -0.05) is 6.07 Å². The largest absolute Gasteiger partial charge is 0.493 e. The van der Waals surface area contributed by atoms with Crippen molar-refractivity contribution in [2.75, 3.05) is 44.1 Å². The summed E-state index contributed by atoms with van der Waals surface area (Å²) in [5, 5.41) is 2.85. The fourth-order valence-electron chi connectivity index (χ4n) is 3.79. The lowest BCUT2D eigenvalue weighted by molar-refractivity contribution is -0.122. The van der Waals surface area contributed by atoms with E-state index < -0.39 is 5.92 Å². The van der Waals surface area contributed by atoms with Crippen LogP contribution in [0, 0.1) is 5.92 Å². The quantitative estimate of drug-likeness (QED) is 0.683. The van der Waals surface area contributed by atoms with Gasteiger partial charge in [-0.3, -0.25) is 14.4 Å². The Morgan fingerprint density at radius 1 is 1.06 bits per heavy atom. The highest BCUT2D eigenvalue weighted by atomic mass is 16.5. The van der Waals surface area contributed by atoms with Gasteiger partial charge in [0.2, 0.25) is 11.8 Å². The Kier molecular flexibility index (Phi) is 7.35. The molecule has 170 valence electrons. The molecule has 0 spiro atoms. The first kappa shape index (κ1) is 23.1. The number of carbonyl (C=O) groups excluding carboxylic acids is 3. The highest BCUT2D eigenvalue weighted by Crippen LogP contribution is 2.34. The molecule has 0 radical (unpaired) electrons. The summed E-state index contributed by atoms with van der Waals surface area (Å²) >= 11 is 0. The molecule has 3 amide bonds. The topological polar surface area (TPSA) is 88.2 Å². The number of amides is 3. The molecule has 1 aliphatic heterocycles. The maximum absolute atomic E-state index is 12.9. The molecule has 8 nitrogen and oxygen atoms in total. The highest BCUT2D eigenvalue weighted by molar-refractivity contribution is 6.04. The number of hydrogen-bond acceptors (Lipinski definition) is 5. The number of ether oxygens (including phenoxy) is 2. The average molecular weight is 440 g/mol. The van der Waals surface area contributed by atoms with Crippen molar-refractivity contribution in [2.45, 2.75) is 20.3 Å². The second kappa shape index (κ2) is 10.2. The number of nitrogens with one attached hydrogen (secondary N) is 1. The van der Waals surface area contributed by atoms with Crippen LogP contribution in [0.5, 0.6) is 11.5 Å². The van der Waals surface area contributed by atoms with E-state index in [1.807, 2.05) is 13.8 Å². The third-order valence-corrected chi connectivity index (χ3v) is 5.60. The number of hydrogen-bond donors (Lipinski definition) is 1. The van der Waals surface area contributed by atoms with E-state index in [1.165, 1.54) is 7.11 Å². The van der Waals surface area contributed by atoms with Crippen LogP contribution in [0.25, 0.3) is 0 Å². The summed E-state index contributed by atoms with van der Waals surface area (Å²) in [6.07, 6.45) is 0.109. The molecular formula is C24H29N3O5. The Morgan fingerprint density at radius 2 is 1.78 bits per heavy atom. The highest BCUT2D eigenvalue weighted by Gasteiger charge is 2.35. The van der Waals surface area contributed by atoms with E-state index in [0.29, 0.717) is 41.5 Å². The van der Waals surface area contributed by atoms with Crippen LogP contribution < -0.4 is 19.7 Å². The molecule has 2 aromatic carbocycles. The van der Waals surface area contributed by atoms with E-state index in [-0.39, 0.29) is 30.7 Å². The number of carbonyl (C=O) groups is 3. The first-order chi connectivity index (χ1) is 15.4. The Bertz CT molecular complexity index is 1000. The number of methoxy groups -OCH3 is 2. The zero-order valence-corrected chi connectivity index (χ0v) is 18.9. The zero-order chi connectivity index (χ0) is 23.3. The van der Waals surface area contributed by atoms with Gasteiger partial charge in [0.15, 0.2) is 11.5 Å². The molecule has 1 aliphatic rings. The van der Waals surface area contributed by atoms with Crippen molar-refractivity contribution < 1.29 is 23.9 Å². The molecule has 1 saturated heterocycles. The van der Waals surface area contributed by atoms with Crippen molar-refractivity contribution in [3.8, 4) is 11.5 Å². The predicted octanol–water partition coefficient (Wildman–Crippen LogP) is 3.18. The lowest BCUT2D eigenvalue weighted by Crippen LogP contribution is -2.30. The monoisotopic (exact) mass is 439 g/mol. The molecule has 0 aliphatic carbocycles. The summed E-state index contributed by atoms with van der Waals surface area (Å²) in [5.41, 5.74) is 1.70. The van der Waals surface area contributed by atoms with Crippen molar-refractivity contribution in [1.29, 1.82) is 0 Å².